The molecule has 1 unspecified atom stereocenters. The van der Waals surface area contributed by atoms with Crippen LogP contribution in [0.25, 0.3) is 0 Å². The van der Waals surface area contributed by atoms with Crippen molar-refractivity contribution in [2.75, 3.05) is 19.7 Å². The van der Waals surface area contributed by atoms with Gasteiger partial charge in [0.1, 0.15) is 5.72 Å². The van der Waals surface area contributed by atoms with Crippen LogP contribution in [0.3, 0.4) is 0 Å². The Morgan fingerprint density at radius 3 is 2.83 bits per heavy atom. The monoisotopic (exact) mass is 314 g/mol. The summed E-state index contributed by atoms with van der Waals surface area (Å²) in [6.07, 6.45) is 2.55. The Labute approximate surface area is 138 Å². The summed E-state index contributed by atoms with van der Waals surface area (Å²) in [4.78, 5) is 17.2. The second-order valence-corrected chi connectivity index (χ2v) is 7.88. The topological polar surface area (TPSA) is 32.8 Å². The number of piperidine rings is 2. The first-order valence-corrected chi connectivity index (χ1v) is 8.75. The van der Waals surface area contributed by atoms with Crippen molar-refractivity contribution in [3.8, 4) is 0 Å². The Morgan fingerprint density at radius 1 is 1.26 bits per heavy atom. The number of ether oxygens (including phenoxy) is 1. The zero-order chi connectivity index (χ0) is 16.1. The lowest BCUT2D eigenvalue weighted by Crippen LogP contribution is -2.66. The van der Waals surface area contributed by atoms with E-state index in [9.17, 15) is 4.79 Å². The minimum Gasteiger partial charge on any atom is -0.353 e. The van der Waals surface area contributed by atoms with E-state index in [2.05, 4.69) is 54.0 Å². The average Bonchev–Trinajstić information content (AvgIpc) is 2.82. The van der Waals surface area contributed by atoms with Gasteiger partial charge in [0.25, 0.3) is 0 Å². The number of benzene rings is 1. The molecule has 4 rings (SSSR count). The Bertz CT molecular complexity index is 601. The zero-order valence-electron chi connectivity index (χ0n) is 14.1. The van der Waals surface area contributed by atoms with Crippen molar-refractivity contribution >= 4 is 5.91 Å². The quantitative estimate of drug-likeness (QED) is 0.841. The molecule has 1 spiro atoms. The molecule has 0 aromatic heterocycles. The number of likely N-dealkylation sites (tertiary alicyclic amines) is 1. The molecule has 0 bridgehead atoms. The third kappa shape index (κ3) is 2.39. The fourth-order valence-corrected chi connectivity index (χ4v) is 4.76. The summed E-state index contributed by atoms with van der Waals surface area (Å²) in [5.41, 5.74) is 0.850. The van der Waals surface area contributed by atoms with Crippen LogP contribution in [0, 0.1) is 5.92 Å². The Hall–Kier alpha value is -1.39. The first-order chi connectivity index (χ1) is 11.0. The number of carbonyl (C=O) groups is 1. The largest absolute Gasteiger partial charge is 0.353 e. The predicted octanol–water partition coefficient (Wildman–Crippen LogP) is 2.64. The van der Waals surface area contributed by atoms with E-state index in [4.69, 9.17) is 4.74 Å². The second kappa shape index (κ2) is 5.32. The summed E-state index contributed by atoms with van der Waals surface area (Å²) < 4.78 is 6.31. The minimum atomic E-state index is -0.341. The second-order valence-electron chi connectivity index (χ2n) is 7.88. The average molecular weight is 314 g/mol. The van der Waals surface area contributed by atoms with Crippen LogP contribution in [0.1, 0.15) is 38.7 Å². The van der Waals surface area contributed by atoms with Crippen molar-refractivity contribution in [1.82, 2.24) is 9.80 Å². The van der Waals surface area contributed by atoms with Crippen LogP contribution >= 0.6 is 0 Å². The predicted molar refractivity (Wildman–Crippen MR) is 88.7 cm³/mol. The molecule has 0 aliphatic carbocycles. The van der Waals surface area contributed by atoms with Crippen molar-refractivity contribution in [1.29, 1.82) is 0 Å². The number of hydrogen-bond donors (Lipinski definition) is 0. The van der Waals surface area contributed by atoms with Gasteiger partial charge in [0.15, 0.2) is 0 Å². The molecule has 1 aromatic rings. The van der Waals surface area contributed by atoms with Crippen molar-refractivity contribution in [2.45, 2.75) is 50.9 Å². The fourth-order valence-electron chi connectivity index (χ4n) is 4.76. The van der Waals surface area contributed by atoms with Crippen LogP contribution < -0.4 is 0 Å². The lowest BCUT2D eigenvalue weighted by molar-refractivity contribution is -0.195. The molecular formula is C19H26N2O2. The van der Waals surface area contributed by atoms with Crippen LogP contribution in [0.4, 0.5) is 0 Å². The van der Waals surface area contributed by atoms with Gasteiger partial charge in [-0.3, -0.25) is 9.69 Å². The molecule has 3 aliphatic heterocycles. The molecule has 4 heteroatoms. The summed E-state index contributed by atoms with van der Waals surface area (Å²) in [6.45, 7) is 7.94. The highest BCUT2D eigenvalue weighted by Gasteiger charge is 2.61. The molecule has 3 saturated heterocycles. The number of nitrogens with zero attached hydrogens (tertiary/aromatic N) is 2. The smallest absolute Gasteiger partial charge is 0.225 e. The van der Waals surface area contributed by atoms with E-state index in [-0.39, 0.29) is 17.2 Å². The van der Waals surface area contributed by atoms with Crippen LogP contribution in [-0.2, 0) is 16.1 Å². The zero-order valence-corrected chi connectivity index (χ0v) is 14.1. The van der Waals surface area contributed by atoms with Gasteiger partial charge in [-0.1, -0.05) is 30.3 Å². The molecule has 23 heavy (non-hydrogen) atoms. The van der Waals surface area contributed by atoms with E-state index >= 15 is 0 Å². The van der Waals surface area contributed by atoms with E-state index in [1.165, 1.54) is 5.56 Å². The highest BCUT2D eigenvalue weighted by Crippen LogP contribution is 2.49. The van der Waals surface area contributed by atoms with Gasteiger partial charge >= 0.3 is 0 Å². The summed E-state index contributed by atoms with van der Waals surface area (Å²) >= 11 is 0. The lowest BCUT2D eigenvalue weighted by Gasteiger charge is -2.54. The number of rotatable bonds is 2. The Kier molecular flexibility index (Phi) is 3.50. The molecule has 0 saturated carbocycles. The molecule has 2 atom stereocenters. The summed E-state index contributed by atoms with van der Waals surface area (Å²) in [6, 6.07) is 10.6. The van der Waals surface area contributed by atoms with Gasteiger partial charge in [0, 0.05) is 38.4 Å². The van der Waals surface area contributed by atoms with Crippen molar-refractivity contribution in [3.63, 3.8) is 0 Å². The SMILES string of the molecule is CC1(C)COC23CCN(Cc4ccccc4)C[C@@H]2CCC(=O)N13. The number of carbonyl (C=O) groups excluding carboxylic acids is 1. The molecule has 3 heterocycles. The molecule has 1 amide bonds. The fraction of sp³-hybridized carbons (Fsp3) is 0.632. The van der Waals surface area contributed by atoms with Gasteiger partial charge in [0.05, 0.1) is 12.1 Å². The first-order valence-electron chi connectivity index (χ1n) is 8.75. The molecular weight excluding hydrogens is 288 g/mol. The molecule has 0 N–H and O–H groups in total. The van der Waals surface area contributed by atoms with Crippen LogP contribution in [0.2, 0.25) is 0 Å². The standard InChI is InChI=1S/C19H26N2O2/c1-18(2)14-23-19-10-11-20(12-15-6-4-3-5-7-15)13-16(19)8-9-17(22)21(18)19/h3-7,16H,8-14H2,1-2H3/t16-,19?/m0/s1. The van der Waals surface area contributed by atoms with Gasteiger partial charge in [0.2, 0.25) is 5.91 Å². The summed E-state index contributed by atoms with van der Waals surface area (Å²) in [7, 11) is 0. The molecule has 3 aliphatic rings. The van der Waals surface area contributed by atoms with Gasteiger partial charge in [-0.05, 0) is 25.8 Å². The number of hydrogen-bond acceptors (Lipinski definition) is 3. The molecule has 124 valence electrons. The van der Waals surface area contributed by atoms with Gasteiger partial charge in [-0.25, -0.2) is 0 Å². The van der Waals surface area contributed by atoms with Crippen molar-refractivity contribution < 1.29 is 9.53 Å². The molecule has 3 fully saturated rings. The summed E-state index contributed by atoms with van der Waals surface area (Å²) in [5.74, 6) is 0.708. The van der Waals surface area contributed by atoms with E-state index < -0.39 is 0 Å². The van der Waals surface area contributed by atoms with Crippen LogP contribution in [-0.4, -0.2) is 46.7 Å². The lowest BCUT2D eigenvalue weighted by atomic mass is 9.78. The third-order valence-corrected chi connectivity index (χ3v) is 5.77. The normalized spacial score (nSPS) is 33.4. The van der Waals surface area contributed by atoms with E-state index in [0.717, 1.165) is 32.5 Å². The third-order valence-electron chi connectivity index (χ3n) is 5.77. The maximum atomic E-state index is 12.5. The Balaban J connectivity index is 1.54. The highest BCUT2D eigenvalue weighted by atomic mass is 16.5. The first kappa shape index (κ1) is 15.2. The van der Waals surface area contributed by atoms with Crippen LogP contribution in [0.5, 0.6) is 0 Å². The number of amides is 1. The molecule has 4 nitrogen and oxygen atoms in total. The highest BCUT2D eigenvalue weighted by molar-refractivity contribution is 5.79. The van der Waals surface area contributed by atoms with Gasteiger partial charge in [-0.15, -0.1) is 0 Å². The van der Waals surface area contributed by atoms with Crippen LogP contribution in [0.15, 0.2) is 30.3 Å². The van der Waals surface area contributed by atoms with E-state index in [1.54, 1.807) is 0 Å². The van der Waals surface area contributed by atoms with E-state index in [0.29, 0.717) is 18.9 Å². The van der Waals surface area contributed by atoms with Gasteiger partial charge < -0.3 is 9.64 Å². The van der Waals surface area contributed by atoms with Crippen molar-refractivity contribution in [3.05, 3.63) is 35.9 Å². The van der Waals surface area contributed by atoms with E-state index in [1.807, 2.05) is 0 Å². The van der Waals surface area contributed by atoms with Gasteiger partial charge in [-0.2, -0.15) is 0 Å². The van der Waals surface area contributed by atoms with Crippen molar-refractivity contribution in [2.24, 2.45) is 5.92 Å². The molecule has 1 aromatic carbocycles. The Morgan fingerprint density at radius 2 is 2.04 bits per heavy atom. The maximum absolute atomic E-state index is 12.5. The molecule has 0 radical (unpaired) electrons. The summed E-state index contributed by atoms with van der Waals surface area (Å²) in [5, 5.41) is 0. The maximum Gasteiger partial charge on any atom is 0.225 e. The minimum absolute atomic E-state index is 0.169.